The molecule has 4 nitrogen and oxygen atoms in total. The number of morpholine rings is 1. The van der Waals surface area contributed by atoms with Crippen molar-refractivity contribution < 1.29 is 9.53 Å². The van der Waals surface area contributed by atoms with Crippen molar-refractivity contribution in [3.63, 3.8) is 0 Å². The third-order valence-corrected chi connectivity index (χ3v) is 3.54. The maximum absolute atomic E-state index is 12.3. The molecule has 0 radical (unpaired) electrons. The molecule has 2 N–H and O–H groups in total. The van der Waals surface area contributed by atoms with E-state index >= 15 is 0 Å². The summed E-state index contributed by atoms with van der Waals surface area (Å²) in [7, 11) is 0. The molecule has 2 aromatic rings. The molecule has 0 bridgehead atoms. The molecular weight excluding hydrogens is 252 g/mol. The minimum absolute atomic E-state index is 0.0332. The third kappa shape index (κ3) is 2.81. The van der Waals surface area contributed by atoms with E-state index in [-0.39, 0.29) is 11.9 Å². The normalized spacial score (nSPS) is 18.9. The van der Waals surface area contributed by atoms with Gasteiger partial charge in [0.2, 0.25) is 0 Å². The Kier molecular flexibility index (Phi) is 3.95. The van der Waals surface area contributed by atoms with Crippen LogP contribution in [0.3, 0.4) is 0 Å². The lowest BCUT2D eigenvalue weighted by molar-refractivity contribution is 0.0735. The third-order valence-electron chi connectivity index (χ3n) is 3.54. The molecular formula is C16H18N2O2. The second-order valence-corrected chi connectivity index (χ2v) is 4.96. The van der Waals surface area contributed by atoms with Crippen LogP contribution in [0.2, 0.25) is 0 Å². The molecule has 0 aliphatic carbocycles. The maximum Gasteiger partial charge on any atom is 0.251 e. The van der Waals surface area contributed by atoms with E-state index < -0.39 is 0 Å². The number of fused-ring (bicyclic) bond motifs is 1. The van der Waals surface area contributed by atoms with Crippen molar-refractivity contribution in [2.75, 3.05) is 26.3 Å². The lowest BCUT2D eigenvalue weighted by atomic mass is 10.0. The lowest BCUT2D eigenvalue weighted by Gasteiger charge is -2.24. The average molecular weight is 270 g/mol. The number of carbonyl (C=O) groups is 1. The second kappa shape index (κ2) is 6.03. The Bertz CT molecular complexity index is 601. The van der Waals surface area contributed by atoms with Gasteiger partial charge in [0, 0.05) is 24.7 Å². The zero-order chi connectivity index (χ0) is 13.8. The molecule has 104 valence electrons. The van der Waals surface area contributed by atoms with Gasteiger partial charge in [-0.25, -0.2) is 0 Å². The molecule has 0 saturated carbocycles. The fraction of sp³-hybridized carbons (Fsp3) is 0.312. The van der Waals surface area contributed by atoms with Crippen molar-refractivity contribution in [1.29, 1.82) is 0 Å². The molecule has 1 aliphatic rings. The number of benzene rings is 2. The molecule has 4 heteroatoms. The van der Waals surface area contributed by atoms with E-state index in [1.54, 1.807) is 0 Å². The zero-order valence-corrected chi connectivity index (χ0v) is 11.3. The molecule has 1 unspecified atom stereocenters. The maximum atomic E-state index is 12.3. The summed E-state index contributed by atoms with van der Waals surface area (Å²) >= 11 is 0. The molecule has 1 heterocycles. The molecule has 1 aliphatic heterocycles. The summed E-state index contributed by atoms with van der Waals surface area (Å²) in [5, 5.41) is 8.37. The minimum Gasteiger partial charge on any atom is -0.378 e. The molecule has 0 aromatic heterocycles. The topological polar surface area (TPSA) is 50.4 Å². The van der Waals surface area contributed by atoms with Crippen LogP contribution in [0.25, 0.3) is 10.8 Å². The van der Waals surface area contributed by atoms with Gasteiger partial charge in [0.05, 0.1) is 13.2 Å². The molecule has 3 rings (SSSR count). The van der Waals surface area contributed by atoms with Crippen LogP contribution in [-0.4, -0.2) is 38.3 Å². The second-order valence-electron chi connectivity index (χ2n) is 4.96. The van der Waals surface area contributed by atoms with Gasteiger partial charge in [0.25, 0.3) is 5.91 Å². The van der Waals surface area contributed by atoms with Gasteiger partial charge in [-0.15, -0.1) is 0 Å². The van der Waals surface area contributed by atoms with Crippen molar-refractivity contribution >= 4 is 16.7 Å². The molecule has 1 atom stereocenters. The van der Waals surface area contributed by atoms with Crippen molar-refractivity contribution in [3.05, 3.63) is 48.0 Å². The average Bonchev–Trinajstić information content (AvgIpc) is 2.53. The van der Waals surface area contributed by atoms with E-state index in [1.165, 1.54) is 0 Å². The number of amides is 1. The van der Waals surface area contributed by atoms with Crippen molar-refractivity contribution in [2.24, 2.45) is 0 Å². The molecule has 2 aromatic carbocycles. The van der Waals surface area contributed by atoms with Gasteiger partial charge < -0.3 is 15.4 Å². The van der Waals surface area contributed by atoms with Crippen LogP contribution in [0, 0.1) is 0 Å². The Morgan fingerprint density at radius 2 is 2.10 bits per heavy atom. The Labute approximate surface area is 118 Å². The quantitative estimate of drug-likeness (QED) is 0.890. The SMILES string of the molecule is O=C(NCC1COCCN1)c1cccc2ccccc12. The highest BCUT2D eigenvalue weighted by Crippen LogP contribution is 2.18. The number of hydrogen-bond acceptors (Lipinski definition) is 3. The Morgan fingerprint density at radius 1 is 1.25 bits per heavy atom. The monoisotopic (exact) mass is 270 g/mol. The summed E-state index contributed by atoms with van der Waals surface area (Å²) < 4.78 is 5.38. The summed E-state index contributed by atoms with van der Waals surface area (Å²) in [6, 6.07) is 13.9. The first-order valence-corrected chi connectivity index (χ1v) is 6.92. The van der Waals surface area contributed by atoms with E-state index in [0.717, 1.165) is 29.5 Å². The van der Waals surface area contributed by atoms with Crippen molar-refractivity contribution in [3.8, 4) is 0 Å². The summed E-state index contributed by atoms with van der Waals surface area (Å²) in [5.41, 5.74) is 0.722. The predicted molar refractivity (Wildman–Crippen MR) is 78.9 cm³/mol. The minimum atomic E-state index is -0.0332. The number of hydrogen-bond donors (Lipinski definition) is 2. The van der Waals surface area contributed by atoms with E-state index in [0.29, 0.717) is 13.2 Å². The summed E-state index contributed by atoms with van der Waals surface area (Å²) in [5.74, 6) is -0.0332. The summed E-state index contributed by atoms with van der Waals surface area (Å²) in [4.78, 5) is 12.3. The van der Waals surface area contributed by atoms with E-state index in [2.05, 4.69) is 10.6 Å². The number of ether oxygens (including phenoxy) is 1. The molecule has 20 heavy (non-hydrogen) atoms. The van der Waals surface area contributed by atoms with Crippen molar-refractivity contribution in [1.82, 2.24) is 10.6 Å². The Hall–Kier alpha value is -1.91. The summed E-state index contributed by atoms with van der Waals surface area (Å²) in [6.45, 7) is 2.82. The van der Waals surface area contributed by atoms with Crippen molar-refractivity contribution in [2.45, 2.75) is 6.04 Å². The highest BCUT2D eigenvalue weighted by Gasteiger charge is 2.15. The van der Waals surface area contributed by atoms with Crippen LogP contribution in [0.1, 0.15) is 10.4 Å². The standard InChI is InChI=1S/C16H18N2O2/c19-16(18-10-13-11-20-9-8-17-13)15-7-3-5-12-4-1-2-6-14(12)15/h1-7,13,17H,8-11H2,(H,18,19). The largest absolute Gasteiger partial charge is 0.378 e. The van der Waals surface area contributed by atoms with Crippen LogP contribution in [0.5, 0.6) is 0 Å². The predicted octanol–water partition coefficient (Wildman–Crippen LogP) is 1.56. The fourth-order valence-electron chi connectivity index (χ4n) is 2.49. The Morgan fingerprint density at radius 3 is 2.95 bits per heavy atom. The first kappa shape index (κ1) is 13.1. The van der Waals surface area contributed by atoms with Crippen LogP contribution in [0.4, 0.5) is 0 Å². The van der Waals surface area contributed by atoms with Gasteiger partial charge >= 0.3 is 0 Å². The number of rotatable bonds is 3. The molecule has 1 fully saturated rings. The smallest absolute Gasteiger partial charge is 0.251 e. The highest BCUT2D eigenvalue weighted by molar-refractivity contribution is 6.06. The first-order valence-electron chi connectivity index (χ1n) is 6.92. The first-order chi connectivity index (χ1) is 9.84. The van der Waals surface area contributed by atoms with Gasteiger partial charge in [-0.1, -0.05) is 36.4 Å². The highest BCUT2D eigenvalue weighted by atomic mass is 16.5. The zero-order valence-electron chi connectivity index (χ0n) is 11.3. The fourth-order valence-corrected chi connectivity index (χ4v) is 2.49. The van der Waals surface area contributed by atoms with Gasteiger partial charge in [-0.05, 0) is 16.8 Å². The van der Waals surface area contributed by atoms with Crippen LogP contribution in [-0.2, 0) is 4.74 Å². The summed E-state index contributed by atoms with van der Waals surface area (Å²) in [6.07, 6.45) is 0. The van der Waals surface area contributed by atoms with Gasteiger partial charge in [0.1, 0.15) is 0 Å². The van der Waals surface area contributed by atoms with E-state index in [4.69, 9.17) is 4.74 Å². The van der Waals surface area contributed by atoms with Crippen LogP contribution >= 0.6 is 0 Å². The van der Waals surface area contributed by atoms with E-state index in [9.17, 15) is 4.79 Å². The molecule has 0 spiro atoms. The molecule has 1 amide bonds. The molecule has 1 saturated heterocycles. The van der Waals surface area contributed by atoms with E-state index in [1.807, 2.05) is 42.5 Å². The van der Waals surface area contributed by atoms with Gasteiger partial charge in [-0.2, -0.15) is 0 Å². The lowest BCUT2D eigenvalue weighted by Crippen LogP contribution is -2.48. The Balaban J connectivity index is 1.72. The number of nitrogens with one attached hydrogen (secondary N) is 2. The van der Waals surface area contributed by atoms with Gasteiger partial charge in [-0.3, -0.25) is 4.79 Å². The number of carbonyl (C=O) groups excluding carboxylic acids is 1. The van der Waals surface area contributed by atoms with Gasteiger partial charge in [0.15, 0.2) is 0 Å². The van der Waals surface area contributed by atoms with Crippen LogP contribution < -0.4 is 10.6 Å². The van der Waals surface area contributed by atoms with Crippen LogP contribution in [0.15, 0.2) is 42.5 Å².